The lowest BCUT2D eigenvalue weighted by atomic mass is 10.1. The van der Waals surface area contributed by atoms with Crippen molar-refractivity contribution in [2.75, 3.05) is 64.2 Å². The highest BCUT2D eigenvalue weighted by Crippen LogP contribution is 2.31. The van der Waals surface area contributed by atoms with Gasteiger partial charge in [0, 0.05) is 45.2 Å². The number of anilines is 2. The first-order chi connectivity index (χ1) is 23.2. The number of carbonyl (C=O) groups is 3. The van der Waals surface area contributed by atoms with E-state index >= 15 is 0 Å². The number of methoxy groups -OCH3 is 1. The van der Waals surface area contributed by atoms with Gasteiger partial charge in [0.15, 0.2) is 0 Å². The van der Waals surface area contributed by atoms with Gasteiger partial charge in [-0.2, -0.15) is 0 Å². The monoisotopic (exact) mass is 728 g/mol. The van der Waals surface area contributed by atoms with Crippen molar-refractivity contribution in [3.63, 3.8) is 0 Å². The van der Waals surface area contributed by atoms with Crippen molar-refractivity contribution in [3.05, 3.63) is 77.1 Å². The zero-order chi connectivity index (χ0) is 34.2. The van der Waals surface area contributed by atoms with Crippen LogP contribution in [0.5, 0.6) is 11.5 Å². The first-order valence-corrected chi connectivity index (χ1v) is 16.2. The Morgan fingerprint density at radius 1 is 0.980 bits per heavy atom. The molecule has 12 nitrogen and oxygen atoms in total. The smallest absolute Gasteiger partial charge is 0.259 e. The van der Waals surface area contributed by atoms with Crippen LogP contribution in [0.2, 0.25) is 0 Å². The number of aromatic amines is 1. The number of rotatable bonds is 13. The summed E-state index contributed by atoms with van der Waals surface area (Å²) in [5.74, 6) is 0.720. The maximum Gasteiger partial charge on any atom is 0.259 e. The van der Waals surface area contributed by atoms with Gasteiger partial charge in [0.05, 0.1) is 36.2 Å². The van der Waals surface area contributed by atoms with Crippen LogP contribution >= 0.6 is 24.8 Å². The molecule has 0 aliphatic carbocycles. The normalized spacial score (nSPS) is 12.9. The third kappa shape index (κ3) is 9.66. The molecule has 3 amide bonds. The Bertz CT molecular complexity index is 1780. The maximum atomic E-state index is 13.7. The number of para-hydroxylation sites is 1. The summed E-state index contributed by atoms with van der Waals surface area (Å²) in [5.41, 5.74) is 3.88. The molecule has 0 unspecified atom stereocenters. The van der Waals surface area contributed by atoms with Crippen molar-refractivity contribution in [2.24, 2.45) is 0 Å². The topological polar surface area (TPSA) is 140 Å². The van der Waals surface area contributed by atoms with Gasteiger partial charge in [-0.1, -0.05) is 12.1 Å². The van der Waals surface area contributed by atoms with Crippen LogP contribution < -0.4 is 19.7 Å². The molecule has 0 bridgehead atoms. The third-order valence-electron chi connectivity index (χ3n) is 8.58. The second-order valence-electron chi connectivity index (χ2n) is 12.1. The molecular formula is C36H46Cl2N6O6. The number of nitrogens with zero attached hydrogens (tertiary/aromatic N) is 4. The number of unbranched alkanes of at least 4 members (excludes halogenated alkanes) is 2. The number of nitrogens with one attached hydrogen (secondary N) is 2. The minimum Gasteiger partial charge on any atom is -0.496 e. The van der Waals surface area contributed by atoms with Gasteiger partial charge in [-0.15, -0.1) is 24.8 Å². The summed E-state index contributed by atoms with van der Waals surface area (Å²) in [6.45, 7) is 5.61. The van der Waals surface area contributed by atoms with Crippen LogP contribution in [0, 0.1) is 6.92 Å². The third-order valence-corrected chi connectivity index (χ3v) is 8.58. The Morgan fingerprint density at radius 2 is 1.74 bits per heavy atom. The van der Waals surface area contributed by atoms with E-state index in [9.17, 15) is 19.5 Å². The lowest BCUT2D eigenvalue weighted by Crippen LogP contribution is -2.47. The Labute approximate surface area is 304 Å². The van der Waals surface area contributed by atoms with Crippen molar-refractivity contribution in [1.29, 1.82) is 0 Å². The Balaban J connectivity index is 0.00000338. The number of halogens is 2. The van der Waals surface area contributed by atoms with Gasteiger partial charge < -0.3 is 39.6 Å². The zero-order valence-corrected chi connectivity index (χ0v) is 30.5. The van der Waals surface area contributed by atoms with E-state index in [4.69, 9.17) is 9.47 Å². The van der Waals surface area contributed by atoms with Crippen molar-refractivity contribution in [1.82, 2.24) is 19.8 Å². The molecule has 0 spiro atoms. The van der Waals surface area contributed by atoms with E-state index in [1.807, 2.05) is 30.0 Å². The maximum absolute atomic E-state index is 13.7. The number of benzene rings is 3. The SMILES string of the molecule is COc1cc(C(=O)N(C)c2ccc(C)cc2OCCCCCC(=O)N2CCN(C)CC2)ccc1C(=O)Nc1cccc2[nH]c(CO)nc12.Cl.Cl. The highest BCUT2D eigenvalue weighted by Gasteiger charge is 2.22. The number of H-pyrrole nitrogens is 1. The van der Waals surface area contributed by atoms with Gasteiger partial charge in [0.25, 0.3) is 11.8 Å². The fourth-order valence-corrected chi connectivity index (χ4v) is 5.73. The Kier molecular flexibility index (Phi) is 14.9. The minimum atomic E-state index is -0.432. The van der Waals surface area contributed by atoms with Gasteiger partial charge in [0.1, 0.15) is 29.4 Å². The predicted molar refractivity (Wildman–Crippen MR) is 199 cm³/mol. The van der Waals surface area contributed by atoms with E-state index < -0.39 is 5.91 Å². The van der Waals surface area contributed by atoms with Gasteiger partial charge >= 0.3 is 0 Å². The summed E-state index contributed by atoms with van der Waals surface area (Å²) in [5, 5.41) is 12.3. The van der Waals surface area contributed by atoms with Gasteiger partial charge in [-0.05, 0) is 81.3 Å². The van der Waals surface area contributed by atoms with Crippen LogP contribution in [0.25, 0.3) is 11.0 Å². The second-order valence-corrected chi connectivity index (χ2v) is 12.1. The number of carbonyl (C=O) groups excluding carboxylic acids is 3. The fourth-order valence-electron chi connectivity index (χ4n) is 5.73. The van der Waals surface area contributed by atoms with Crippen LogP contribution in [0.1, 0.15) is 57.8 Å². The summed E-state index contributed by atoms with van der Waals surface area (Å²) < 4.78 is 11.7. The highest BCUT2D eigenvalue weighted by molar-refractivity contribution is 6.11. The van der Waals surface area contributed by atoms with Crippen LogP contribution in [0.3, 0.4) is 0 Å². The van der Waals surface area contributed by atoms with E-state index in [0.717, 1.165) is 51.0 Å². The van der Waals surface area contributed by atoms with E-state index in [0.29, 0.717) is 52.6 Å². The number of aromatic nitrogens is 2. The van der Waals surface area contributed by atoms with E-state index in [-0.39, 0.29) is 54.5 Å². The average molecular weight is 730 g/mol. The molecule has 0 saturated carbocycles. The number of hydrogen-bond acceptors (Lipinski definition) is 8. The Morgan fingerprint density at radius 3 is 2.46 bits per heavy atom. The van der Waals surface area contributed by atoms with Gasteiger partial charge in [0.2, 0.25) is 5.91 Å². The minimum absolute atomic E-state index is 0. The summed E-state index contributed by atoms with van der Waals surface area (Å²) in [6, 6.07) is 15.7. The van der Waals surface area contributed by atoms with Crippen molar-refractivity contribution >= 4 is 64.9 Å². The predicted octanol–water partition coefficient (Wildman–Crippen LogP) is 5.46. The van der Waals surface area contributed by atoms with E-state index in [1.165, 1.54) is 12.0 Å². The fraction of sp³-hybridized carbons (Fsp3) is 0.389. The van der Waals surface area contributed by atoms with Crippen LogP contribution in [-0.2, 0) is 11.4 Å². The number of aliphatic hydroxyl groups is 1. The molecule has 1 aliphatic rings. The molecule has 270 valence electrons. The van der Waals surface area contributed by atoms with E-state index in [1.54, 1.807) is 43.4 Å². The van der Waals surface area contributed by atoms with Crippen molar-refractivity contribution in [2.45, 2.75) is 39.2 Å². The van der Waals surface area contributed by atoms with Crippen LogP contribution in [0.15, 0.2) is 54.6 Å². The average Bonchev–Trinajstić information content (AvgIpc) is 3.54. The van der Waals surface area contributed by atoms with Crippen LogP contribution in [-0.4, -0.2) is 96.6 Å². The van der Waals surface area contributed by atoms with Gasteiger partial charge in [-0.25, -0.2) is 4.98 Å². The molecule has 0 radical (unpaired) electrons. The van der Waals surface area contributed by atoms with Crippen molar-refractivity contribution in [3.8, 4) is 11.5 Å². The number of ether oxygens (including phenoxy) is 2. The first kappa shape index (κ1) is 40.1. The lowest BCUT2D eigenvalue weighted by Gasteiger charge is -2.32. The number of aryl methyl sites for hydroxylation is 1. The molecule has 14 heteroatoms. The quantitative estimate of drug-likeness (QED) is 0.154. The molecule has 2 heterocycles. The molecule has 1 saturated heterocycles. The van der Waals surface area contributed by atoms with E-state index in [2.05, 4.69) is 27.2 Å². The second kappa shape index (κ2) is 18.6. The standard InChI is InChI=1S/C36H44N6O6.2ClH/c1-24-12-15-29(31(21-24)48-20-7-5-6-11-33(44)42-18-16-40(2)17-19-42)41(3)36(46)25-13-14-26(30(22-25)47-4)35(45)38-28-10-8-9-27-34(28)39-32(23-43)37-27;;/h8-10,12-15,21-22,43H,5-7,11,16-20,23H2,1-4H3,(H,37,39)(H,38,45);2*1H. The number of aliphatic hydroxyl groups excluding tert-OH is 1. The molecule has 1 aliphatic heterocycles. The largest absolute Gasteiger partial charge is 0.496 e. The molecule has 4 aromatic rings. The van der Waals surface area contributed by atoms with Crippen LogP contribution in [0.4, 0.5) is 11.4 Å². The van der Waals surface area contributed by atoms with Crippen molar-refractivity contribution < 1.29 is 29.0 Å². The highest BCUT2D eigenvalue weighted by atomic mass is 35.5. The molecular weight excluding hydrogens is 683 g/mol. The zero-order valence-electron chi connectivity index (χ0n) is 28.9. The number of amides is 3. The first-order valence-electron chi connectivity index (χ1n) is 16.2. The number of piperazine rings is 1. The number of hydrogen-bond donors (Lipinski definition) is 3. The lowest BCUT2D eigenvalue weighted by molar-refractivity contribution is -0.132. The summed E-state index contributed by atoms with van der Waals surface area (Å²) in [4.78, 5) is 52.6. The molecule has 3 N–H and O–H groups in total. The molecule has 3 aromatic carbocycles. The number of likely N-dealkylation sites (N-methyl/N-ethyl adjacent to an activating group) is 1. The Hall–Kier alpha value is -4.36. The summed E-state index contributed by atoms with van der Waals surface area (Å²) >= 11 is 0. The molecule has 1 fully saturated rings. The number of imidazole rings is 1. The molecule has 50 heavy (non-hydrogen) atoms. The molecule has 1 aromatic heterocycles. The summed E-state index contributed by atoms with van der Waals surface area (Å²) in [7, 11) is 5.20. The number of fused-ring (bicyclic) bond motifs is 1. The molecule has 5 rings (SSSR count). The molecule has 0 atom stereocenters. The summed E-state index contributed by atoms with van der Waals surface area (Å²) in [6.07, 6.45) is 3.02. The van der Waals surface area contributed by atoms with Gasteiger partial charge in [-0.3, -0.25) is 14.4 Å².